The van der Waals surface area contributed by atoms with Crippen molar-refractivity contribution in [2.45, 2.75) is 366 Å². The van der Waals surface area contributed by atoms with Gasteiger partial charge >= 0.3 is 35.8 Å². The summed E-state index contributed by atoms with van der Waals surface area (Å²) in [5.74, 6) is -0.807. The zero-order valence-electron chi connectivity index (χ0n) is 92.4. The van der Waals surface area contributed by atoms with Gasteiger partial charge in [-0.3, -0.25) is 67.1 Å². The molecule has 0 bridgehead atoms. The number of likely N-dealkylation sites (tertiary alicyclic amines) is 6. The second-order valence-electron chi connectivity index (χ2n) is 43.3. The molecule has 144 heavy (non-hydrogen) atoms. The minimum atomic E-state index is -0.558. The number of imidazole rings is 4. The molecule has 6 aliphatic rings. The number of aromatic nitrogens is 8. The largest absolute Gasteiger partial charge is 0.469 e. The number of carbonyl (C=O) groups excluding carboxylic acids is 14. The Kier molecular flexibility index (Phi) is 50.4. The first-order valence-corrected chi connectivity index (χ1v) is 51.7. The Hall–Kier alpha value is -10.7. The van der Waals surface area contributed by atoms with Crippen molar-refractivity contribution in [3.63, 3.8) is 0 Å². The van der Waals surface area contributed by atoms with Crippen LogP contribution in [0.15, 0.2) is 24.8 Å². The van der Waals surface area contributed by atoms with E-state index in [9.17, 15) is 67.1 Å². The van der Waals surface area contributed by atoms with E-state index in [1.807, 2.05) is 141 Å². The normalized spacial score (nSPS) is 19.6. The molecule has 0 aliphatic carbocycles. The highest BCUT2D eigenvalue weighted by Crippen LogP contribution is 2.42. The molecule has 6 fully saturated rings. The average molecular weight is 2030 g/mol. The fraction of sp³-hybridized carbons (Fsp3) is 0.755. The minimum Gasteiger partial charge on any atom is -0.469 e. The van der Waals surface area contributed by atoms with Crippen LogP contribution in [-0.4, -0.2) is 285 Å². The molecule has 4 aromatic heterocycles. The van der Waals surface area contributed by atoms with Crippen LogP contribution in [0.2, 0.25) is 0 Å². The Bertz CT molecular complexity index is 4660. The summed E-state index contributed by atoms with van der Waals surface area (Å²) in [5, 5.41) is 5.74. The maximum absolute atomic E-state index is 13.2. The van der Waals surface area contributed by atoms with E-state index in [-0.39, 0.29) is 175 Å². The molecule has 812 valence electrons. The van der Waals surface area contributed by atoms with Gasteiger partial charge in [0, 0.05) is 113 Å². The third-order valence-electron chi connectivity index (χ3n) is 28.0. The second kappa shape index (κ2) is 58.6. The molecule has 6 aliphatic heterocycles. The number of esters is 6. The van der Waals surface area contributed by atoms with Crippen molar-refractivity contribution in [1.29, 1.82) is 0 Å². The number of ether oxygens (including phenoxy) is 8. The molecule has 38 nitrogen and oxygen atoms in total. The third-order valence-corrected chi connectivity index (χ3v) is 28.0. The quantitative estimate of drug-likeness (QED) is 0.0182. The predicted molar refractivity (Wildman–Crippen MR) is 544 cm³/mol. The van der Waals surface area contributed by atoms with Gasteiger partial charge in [-0.1, -0.05) is 125 Å². The van der Waals surface area contributed by atoms with Gasteiger partial charge in [0.15, 0.2) is 0 Å². The van der Waals surface area contributed by atoms with Gasteiger partial charge in [0.05, 0.1) is 153 Å². The van der Waals surface area contributed by atoms with Crippen LogP contribution >= 0.6 is 0 Å². The third kappa shape index (κ3) is 35.9. The lowest BCUT2D eigenvalue weighted by Gasteiger charge is -2.34. The van der Waals surface area contributed by atoms with Gasteiger partial charge < -0.3 is 97.9 Å². The van der Waals surface area contributed by atoms with Gasteiger partial charge in [-0.25, -0.2) is 19.9 Å². The van der Waals surface area contributed by atoms with E-state index in [2.05, 4.69) is 111 Å². The van der Waals surface area contributed by atoms with E-state index in [4.69, 9.17) is 33.2 Å². The SMILES string of the molecule is COC(=O)C[C@H](C(=O)N1CCC[C@H]1C(=O)NC(C)C)C(C)(C)C.COC(=O)C[C@H](C(=O)N1CCC[C@H]1C(=O)NC(C)C)C(C)C.COC(=O)C[C@H](C(=O)N1CCC[C@H]1c1ncc(C(C)C)[nH]1)C(C)(C)C.COC(=O)C[C@H](C(=O)N1CCC[C@H]1c1ncc(C(C)C)[nH]1)C(C)C.COC(=O)C[C@H](C(=O)N1CCC[C@H]1c1ncc(C(C)C)[nH]1)[C@@H](C)OC.COC(=O)C[C@H](C(=O)N1CCC[C@H]1c1ncc(C(C)C)[nH]1)[C@H](C)OC. The summed E-state index contributed by atoms with van der Waals surface area (Å²) < 4.78 is 39.1. The first-order valence-electron chi connectivity index (χ1n) is 51.7. The number of amides is 8. The molecular weight excluding hydrogens is 1850 g/mol. The number of rotatable bonds is 36. The molecule has 14 atom stereocenters. The van der Waals surface area contributed by atoms with Crippen LogP contribution in [0.3, 0.4) is 0 Å². The summed E-state index contributed by atoms with van der Waals surface area (Å²) in [6.45, 7) is 51.4. The first-order chi connectivity index (χ1) is 67.6. The summed E-state index contributed by atoms with van der Waals surface area (Å²) in [7, 11) is 11.1. The summed E-state index contributed by atoms with van der Waals surface area (Å²) in [5.41, 5.74) is 3.59. The molecule has 8 amide bonds. The lowest BCUT2D eigenvalue weighted by atomic mass is 9.77. The van der Waals surface area contributed by atoms with Crippen molar-refractivity contribution in [3.8, 4) is 0 Å². The number of nitrogens with one attached hydrogen (secondary N) is 6. The smallest absolute Gasteiger partial charge is 0.306 e. The fourth-order valence-electron chi connectivity index (χ4n) is 18.7. The number of nitrogens with zero attached hydrogens (tertiary/aromatic N) is 10. The van der Waals surface area contributed by atoms with Crippen LogP contribution in [0.5, 0.6) is 0 Å². The number of H-pyrrole nitrogens is 4. The lowest BCUT2D eigenvalue weighted by Crippen LogP contribution is -2.51. The molecule has 6 saturated heterocycles. The van der Waals surface area contributed by atoms with Gasteiger partial charge in [0.25, 0.3) is 0 Å². The van der Waals surface area contributed by atoms with Crippen LogP contribution in [-0.2, 0) is 105 Å². The molecule has 0 unspecified atom stereocenters. The number of aromatic amines is 4. The van der Waals surface area contributed by atoms with Crippen molar-refractivity contribution in [2.24, 2.45) is 58.2 Å². The van der Waals surface area contributed by atoms with E-state index in [1.54, 1.807) is 37.9 Å². The van der Waals surface area contributed by atoms with Gasteiger partial charge in [0.2, 0.25) is 47.3 Å². The molecule has 10 heterocycles. The van der Waals surface area contributed by atoms with Crippen molar-refractivity contribution < 1.29 is 105 Å². The molecular formula is C106H176N16O22. The highest BCUT2D eigenvalue weighted by molar-refractivity contribution is 5.93. The maximum Gasteiger partial charge on any atom is 0.306 e. The van der Waals surface area contributed by atoms with Crippen LogP contribution in [0.25, 0.3) is 0 Å². The van der Waals surface area contributed by atoms with Crippen molar-refractivity contribution in [1.82, 2.24) is 79.9 Å². The van der Waals surface area contributed by atoms with Crippen LogP contribution in [0, 0.1) is 58.2 Å². The first kappa shape index (κ1) is 124. The maximum atomic E-state index is 13.2. The fourth-order valence-corrected chi connectivity index (χ4v) is 18.7. The van der Waals surface area contributed by atoms with E-state index in [1.165, 1.54) is 42.7 Å². The Labute approximate surface area is 854 Å². The Balaban J connectivity index is 0.000000304. The van der Waals surface area contributed by atoms with Gasteiger partial charge in [-0.05, 0) is 165 Å². The summed E-state index contributed by atoms with van der Waals surface area (Å²) in [6, 6.07) is -1.00. The standard InChI is InChI=1S/C19H31N3O3.2C18H29N3O4.C18H29N3O3.C17H30N2O4.C16H28N2O4/c1-12(2)14-11-20-17(21-14)15-8-7-9-22(15)18(24)13(19(3,4)5)10-16(23)25-6;2*1-11(2)14-10-19-17(20-14)15-7-6-8-21(15)18(23)13(12(3)24-4)9-16(22)25-5;1-11(2)13(9-16(22)24-5)18(23)21-8-6-7-15(21)17-19-10-14(20-17)12(3)4;1-11(2)18-15(21)13-8-7-9-19(13)16(22)12(17(3,4)5)10-14(20)23-6;1-10(2)12(9-14(19)22-5)16(21)18-8-6-7-13(18)15(20)17-11(3)4/h11-13,15H,7-10H2,1-6H3,(H,20,21);2*10-13,15H,6-9H2,1-5H3,(H,19,20);10-13,15H,6-9H2,1-5H3,(H,19,20);11-13H,7-10H2,1-6H3,(H,18,21);10-13H,6-9H2,1-5H3,(H,17,20)/t13-,15+;12-,13+,15+;12-,13-,15-;13-,15-;12-,13+;12-,13-/m110010/s1. The topological polar surface area (TPSA) is 471 Å². The molecule has 38 heteroatoms. The monoisotopic (exact) mass is 2030 g/mol. The average Bonchev–Trinajstić information content (AvgIpc) is 1.64. The van der Waals surface area contributed by atoms with E-state index >= 15 is 0 Å². The number of methoxy groups -OCH3 is 8. The zero-order chi connectivity index (χ0) is 108. The molecule has 0 saturated carbocycles. The number of hydrogen-bond acceptors (Lipinski definition) is 26. The molecule has 6 N–H and O–H groups in total. The van der Waals surface area contributed by atoms with Gasteiger partial charge in [-0.15, -0.1) is 0 Å². The molecule has 0 aromatic carbocycles. The van der Waals surface area contributed by atoms with Crippen molar-refractivity contribution >= 4 is 83.1 Å². The van der Waals surface area contributed by atoms with Gasteiger partial charge in [-0.2, -0.15) is 0 Å². The lowest BCUT2D eigenvalue weighted by molar-refractivity contribution is -0.151. The second-order valence-corrected chi connectivity index (χ2v) is 43.3. The molecule has 0 spiro atoms. The van der Waals surface area contributed by atoms with Crippen LogP contribution in [0.1, 0.15) is 376 Å². The van der Waals surface area contributed by atoms with Crippen LogP contribution < -0.4 is 10.6 Å². The van der Waals surface area contributed by atoms with Crippen LogP contribution in [0.4, 0.5) is 0 Å². The Morgan fingerprint density at radius 2 is 0.514 bits per heavy atom. The molecule has 4 aromatic rings. The van der Waals surface area contributed by atoms with E-state index in [0.717, 1.165) is 110 Å². The van der Waals surface area contributed by atoms with E-state index < -0.39 is 65.6 Å². The highest BCUT2D eigenvalue weighted by atomic mass is 16.5. The van der Waals surface area contributed by atoms with Gasteiger partial charge in [0.1, 0.15) is 35.4 Å². The summed E-state index contributed by atoms with van der Waals surface area (Å²) >= 11 is 0. The Morgan fingerprint density at radius 3 is 0.736 bits per heavy atom. The zero-order valence-corrected chi connectivity index (χ0v) is 92.4. The highest BCUT2D eigenvalue weighted by Gasteiger charge is 2.48. The van der Waals surface area contributed by atoms with E-state index in [0.29, 0.717) is 75.8 Å². The van der Waals surface area contributed by atoms with Crippen molar-refractivity contribution in [3.05, 3.63) is 70.9 Å². The predicted octanol–water partition coefficient (Wildman–Crippen LogP) is 14.3. The number of carbonyl (C=O) groups is 14. The Morgan fingerprint density at radius 1 is 0.306 bits per heavy atom. The molecule has 0 radical (unpaired) electrons. The van der Waals surface area contributed by atoms with Crippen molar-refractivity contribution in [2.75, 3.05) is 96.1 Å². The summed E-state index contributed by atoms with van der Waals surface area (Å²) in [4.78, 5) is 215. The molecule has 10 rings (SSSR count). The summed E-state index contributed by atoms with van der Waals surface area (Å²) in [6.07, 6.45) is 17.2. The number of hydrogen-bond donors (Lipinski definition) is 6. The minimum absolute atomic E-state index is 0.0148.